The Morgan fingerprint density at radius 1 is 1.21 bits per heavy atom. The topological polar surface area (TPSA) is 75.4 Å². The van der Waals surface area contributed by atoms with Gasteiger partial charge < -0.3 is 14.3 Å². The number of pyridine rings is 1. The molecule has 2 aromatic rings. The summed E-state index contributed by atoms with van der Waals surface area (Å²) in [7, 11) is 0. The van der Waals surface area contributed by atoms with Gasteiger partial charge in [-0.15, -0.1) is 0 Å². The van der Waals surface area contributed by atoms with Crippen LogP contribution in [0.3, 0.4) is 0 Å². The summed E-state index contributed by atoms with van der Waals surface area (Å²) in [6.45, 7) is 4.57. The number of hydrogen-bond acceptors (Lipinski definition) is 6. The van der Waals surface area contributed by atoms with Crippen LogP contribution in [0.25, 0.3) is 0 Å². The lowest BCUT2D eigenvalue weighted by Gasteiger charge is -2.22. The van der Waals surface area contributed by atoms with Crippen LogP contribution in [-0.2, 0) is 0 Å². The molecule has 0 radical (unpaired) electrons. The predicted molar refractivity (Wildman–Crippen MR) is 87.7 cm³/mol. The standard InChI is InChI=1S/C17H21N5O2/c1-12-19-16(20-24-12)14-5-4-10-22(14)17(23)13-6-7-15(18-11-13)21-8-2-3-9-21/h6-7,11,14H,2-5,8-10H2,1H3/t14-/m0/s1. The molecule has 0 spiro atoms. The zero-order valence-electron chi connectivity index (χ0n) is 13.8. The SMILES string of the molecule is Cc1nc([C@@H]2CCCN2C(=O)c2ccc(N3CCCC3)nc2)no1. The van der Waals surface area contributed by atoms with Crippen molar-refractivity contribution in [3.8, 4) is 0 Å². The lowest BCUT2D eigenvalue weighted by Crippen LogP contribution is -2.31. The van der Waals surface area contributed by atoms with Gasteiger partial charge in [-0.05, 0) is 37.8 Å². The Balaban J connectivity index is 1.52. The first-order valence-corrected chi connectivity index (χ1v) is 8.54. The Labute approximate surface area is 140 Å². The van der Waals surface area contributed by atoms with Crippen molar-refractivity contribution < 1.29 is 9.32 Å². The molecule has 2 aromatic heterocycles. The monoisotopic (exact) mass is 327 g/mol. The van der Waals surface area contributed by atoms with Crippen molar-refractivity contribution in [2.24, 2.45) is 0 Å². The molecule has 1 atom stereocenters. The van der Waals surface area contributed by atoms with Gasteiger partial charge in [0.1, 0.15) is 5.82 Å². The van der Waals surface area contributed by atoms with E-state index in [4.69, 9.17) is 4.52 Å². The van der Waals surface area contributed by atoms with Crippen molar-refractivity contribution in [1.82, 2.24) is 20.0 Å². The van der Waals surface area contributed by atoms with Crippen LogP contribution in [0, 0.1) is 6.92 Å². The van der Waals surface area contributed by atoms with Crippen LogP contribution in [0.4, 0.5) is 5.82 Å². The Bertz CT molecular complexity index is 721. The minimum absolute atomic E-state index is 0.0135. The van der Waals surface area contributed by atoms with Gasteiger partial charge >= 0.3 is 0 Å². The van der Waals surface area contributed by atoms with Crippen molar-refractivity contribution in [3.05, 3.63) is 35.6 Å². The van der Waals surface area contributed by atoms with Crippen LogP contribution in [-0.4, -0.2) is 45.6 Å². The molecular weight excluding hydrogens is 306 g/mol. The Kier molecular flexibility index (Phi) is 3.92. The Morgan fingerprint density at radius 3 is 2.71 bits per heavy atom. The molecule has 7 heteroatoms. The molecular formula is C17H21N5O2. The quantitative estimate of drug-likeness (QED) is 0.861. The third-order valence-corrected chi connectivity index (χ3v) is 4.78. The first-order chi connectivity index (χ1) is 11.7. The van der Waals surface area contributed by atoms with Crippen LogP contribution in [0.15, 0.2) is 22.9 Å². The number of aryl methyl sites for hydroxylation is 1. The van der Waals surface area contributed by atoms with Gasteiger partial charge in [-0.25, -0.2) is 4.98 Å². The molecule has 24 heavy (non-hydrogen) atoms. The third kappa shape index (κ3) is 2.74. The van der Waals surface area contributed by atoms with Gasteiger partial charge in [-0.1, -0.05) is 5.16 Å². The summed E-state index contributed by atoms with van der Waals surface area (Å²) in [4.78, 5) is 25.7. The first kappa shape index (κ1) is 15.1. The van der Waals surface area contributed by atoms with Crippen LogP contribution in [0.2, 0.25) is 0 Å². The zero-order chi connectivity index (χ0) is 16.5. The summed E-state index contributed by atoms with van der Waals surface area (Å²) in [6.07, 6.45) is 5.92. The van der Waals surface area contributed by atoms with E-state index in [1.165, 1.54) is 12.8 Å². The number of amides is 1. The van der Waals surface area contributed by atoms with E-state index in [-0.39, 0.29) is 11.9 Å². The highest BCUT2D eigenvalue weighted by Crippen LogP contribution is 2.31. The molecule has 0 N–H and O–H groups in total. The van der Waals surface area contributed by atoms with Crippen molar-refractivity contribution in [1.29, 1.82) is 0 Å². The van der Waals surface area contributed by atoms with Gasteiger partial charge in [0, 0.05) is 32.8 Å². The molecule has 4 heterocycles. The summed E-state index contributed by atoms with van der Waals surface area (Å²) < 4.78 is 5.07. The van der Waals surface area contributed by atoms with E-state index >= 15 is 0 Å². The second-order valence-electron chi connectivity index (χ2n) is 6.43. The summed E-state index contributed by atoms with van der Waals surface area (Å²) in [6, 6.07) is 3.72. The average Bonchev–Trinajstić information content (AvgIpc) is 3.35. The highest BCUT2D eigenvalue weighted by molar-refractivity contribution is 5.94. The Hall–Kier alpha value is -2.44. The molecule has 0 unspecified atom stereocenters. The summed E-state index contributed by atoms with van der Waals surface area (Å²) in [5.74, 6) is 2.07. The Morgan fingerprint density at radius 2 is 2.04 bits per heavy atom. The van der Waals surface area contributed by atoms with Gasteiger partial charge in [0.2, 0.25) is 5.89 Å². The van der Waals surface area contributed by atoms with E-state index in [1.807, 2.05) is 17.0 Å². The number of hydrogen-bond donors (Lipinski definition) is 0. The lowest BCUT2D eigenvalue weighted by atomic mass is 10.2. The van der Waals surface area contributed by atoms with E-state index in [9.17, 15) is 4.79 Å². The summed E-state index contributed by atoms with van der Waals surface area (Å²) in [5.41, 5.74) is 0.616. The maximum Gasteiger partial charge on any atom is 0.256 e. The molecule has 2 saturated heterocycles. The van der Waals surface area contributed by atoms with Gasteiger partial charge in [0.05, 0.1) is 11.6 Å². The van der Waals surface area contributed by atoms with Crippen molar-refractivity contribution in [3.63, 3.8) is 0 Å². The molecule has 7 nitrogen and oxygen atoms in total. The minimum atomic E-state index is -0.104. The summed E-state index contributed by atoms with van der Waals surface area (Å²) >= 11 is 0. The van der Waals surface area contributed by atoms with Gasteiger partial charge in [-0.3, -0.25) is 4.79 Å². The van der Waals surface area contributed by atoms with Gasteiger partial charge in [0.25, 0.3) is 5.91 Å². The van der Waals surface area contributed by atoms with E-state index in [0.29, 0.717) is 23.8 Å². The molecule has 2 aliphatic rings. The third-order valence-electron chi connectivity index (χ3n) is 4.78. The molecule has 0 aromatic carbocycles. The largest absolute Gasteiger partial charge is 0.357 e. The number of rotatable bonds is 3. The lowest BCUT2D eigenvalue weighted by molar-refractivity contribution is 0.0728. The number of carbonyl (C=O) groups is 1. The summed E-state index contributed by atoms with van der Waals surface area (Å²) in [5, 5.41) is 3.99. The second-order valence-corrected chi connectivity index (χ2v) is 6.43. The number of likely N-dealkylation sites (tertiary alicyclic amines) is 1. The maximum atomic E-state index is 12.9. The van der Waals surface area contributed by atoms with Crippen LogP contribution >= 0.6 is 0 Å². The maximum absolute atomic E-state index is 12.9. The van der Waals surface area contributed by atoms with E-state index < -0.39 is 0 Å². The molecule has 4 rings (SSSR count). The van der Waals surface area contributed by atoms with Crippen molar-refractivity contribution >= 4 is 11.7 Å². The van der Waals surface area contributed by atoms with Crippen LogP contribution < -0.4 is 4.90 Å². The molecule has 1 amide bonds. The zero-order valence-corrected chi connectivity index (χ0v) is 13.8. The molecule has 0 saturated carbocycles. The normalized spacial score (nSPS) is 20.8. The first-order valence-electron chi connectivity index (χ1n) is 8.54. The molecule has 0 bridgehead atoms. The fraction of sp³-hybridized carbons (Fsp3) is 0.529. The van der Waals surface area contributed by atoms with Crippen LogP contribution in [0.5, 0.6) is 0 Å². The van der Waals surface area contributed by atoms with Crippen LogP contribution in [0.1, 0.15) is 53.8 Å². The van der Waals surface area contributed by atoms with Crippen molar-refractivity contribution in [2.75, 3.05) is 24.5 Å². The van der Waals surface area contributed by atoms with Gasteiger partial charge in [-0.2, -0.15) is 4.98 Å². The van der Waals surface area contributed by atoms with Crippen molar-refractivity contribution in [2.45, 2.75) is 38.6 Å². The number of carbonyl (C=O) groups excluding carboxylic acids is 1. The van der Waals surface area contributed by atoms with E-state index in [0.717, 1.165) is 31.7 Å². The molecule has 126 valence electrons. The minimum Gasteiger partial charge on any atom is -0.357 e. The smallest absolute Gasteiger partial charge is 0.256 e. The average molecular weight is 327 g/mol. The fourth-order valence-corrected chi connectivity index (χ4v) is 3.54. The van der Waals surface area contributed by atoms with E-state index in [1.54, 1.807) is 13.1 Å². The number of nitrogens with zero attached hydrogens (tertiary/aromatic N) is 5. The molecule has 0 aliphatic carbocycles. The number of anilines is 1. The second kappa shape index (κ2) is 6.22. The number of aromatic nitrogens is 3. The highest BCUT2D eigenvalue weighted by atomic mass is 16.5. The fourth-order valence-electron chi connectivity index (χ4n) is 3.54. The predicted octanol–water partition coefficient (Wildman–Crippen LogP) is 2.35. The molecule has 2 fully saturated rings. The van der Waals surface area contributed by atoms with E-state index in [2.05, 4.69) is 20.0 Å². The van der Waals surface area contributed by atoms with Gasteiger partial charge in [0.15, 0.2) is 5.82 Å². The highest BCUT2D eigenvalue weighted by Gasteiger charge is 2.33. The molecule has 2 aliphatic heterocycles.